The van der Waals surface area contributed by atoms with E-state index in [4.69, 9.17) is 23.7 Å². The number of rotatable bonds is 9. The van der Waals surface area contributed by atoms with E-state index in [1.807, 2.05) is 55.5 Å². The molecule has 0 unspecified atom stereocenters. The molecule has 0 aliphatic carbocycles. The number of carbonyl (C=O) groups is 1. The van der Waals surface area contributed by atoms with Gasteiger partial charge in [-0.05, 0) is 56.7 Å². The molecule has 1 heterocycles. The predicted octanol–water partition coefficient (Wildman–Crippen LogP) is 4.62. The molecule has 0 bridgehead atoms. The Bertz CT molecular complexity index is 1020. The summed E-state index contributed by atoms with van der Waals surface area (Å²) in [5.41, 5.74) is 1.08. The molecule has 0 radical (unpaired) electrons. The second-order valence-corrected chi connectivity index (χ2v) is 7.29. The fourth-order valence-electron chi connectivity index (χ4n) is 2.64. The van der Waals surface area contributed by atoms with Gasteiger partial charge in [-0.3, -0.25) is 0 Å². The molecular formula is C23H25NO6. The van der Waals surface area contributed by atoms with Crippen LogP contribution in [0.25, 0.3) is 11.5 Å². The molecule has 30 heavy (non-hydrogen) atoms. The van der Waals surface area contributed by atoms with Crippen molar-refractivity contribution in [3.63, 3.8) is 0 Å². The van der Waals surface area contributed by atoms with Gasteiger partial charge in [-0.2, -0.15) is 0 Å². The molecule has 0 atom stereocenters. The van der Waals surface area contributed by atoms with E-state index in [1.54, 1.807) is 7.11 Å². The molecule has 0 amide bonds. The van der Waals surface area contributed by atoms with Crippen LogP contribution in [0.3, 0.4) is 0 Å². The van der Waals surface area contributed by atoms with Crippen molar-refractivity contribution < 1.29 is 28.5 Å². The number of hydrogen-bond acceptors (Lipinski definition) is 6. The lowest BCUT2D eigenvalue weighted by Gasteiger charge is -2.20. The Morgan fingerprint density at radius 2 is 1.83 bits per heavy atom. The van der Waals surface area contributed by atoms with Crippen molar-refractivity contribution in [1.29, 1.82) is 0 Å². The largest absolute Gasteiger partial charge is 0.497 e. The topological polar surface area (TPSA) is 91.0 Å². The predicted molar refractivity (Wildman–Crippen MR) is 111 cm³/mol. The average Bonchev–Trinajstić information content (AvgIpc) is 3.11. The number of methoxy groups -OCH3 is 1. The smallest absolute Gasteiger partial charge is 0.335 e. The summed E-state index contributed by atoms with van der Waals surface area (Å²) in [6, 6.07) is 14.8. The molecule has 7 nitrogen and oxygen atoms in total. The van der Waals surface area contributed by atoms with Crippen molar-refractivity contribution >= 4 is 5.97 Å². The summed E-state index contributed by atoms with van der Waals surface area (Å²) in [5, 5.41) is 9.15. The van der Waals surface area contributed by atoms with E-state index in [0.717, 1.165) is 16.9 Å². The van der Waals surface area contributed by atoms with Crippen molar-refractivity contribution in [2.24, 2.45) is 0 Å². The number of aliphatic carboxylic acids is 1. The minimum Gasteiger partial charge on any atom is -0.497 e. The maximum Gasteiger partial charge on any atom is 0.335 e. The van der Waals surface area contributed by atoms with Crippen LogP contribution in [0.4, 0.5) is 0 Å². The van der Waals surface area contributed by atoms with E-state index in [9.17, 15) is 4.79 Å². The Balaban J connectivity index is 1.66. The van der Waals surface area contributed by atoms with Crippen LogP contribution >= 0.6 is 0 Å². The van der Waals surface area contributed by atoms with Crippen LogP contribution in [0, 0.1) is 6.92 Å². The number of carboxylic acids is 1. The van der Waals surface area contributed by atoms with Crippen molar-refractivity contribution in [2.45, 2.75) is 39.6 Å². The van der Waals surface area contributed by atoms with Crippen molar-refractivity contribution in [3.05, 3.63) is 65.5 Å². The first kappa shape index (κ1) is 21.4. The quantitative estimate of drug-likeness (QED) is 0.549. The van der Waals surface area contributed by atoms with Crippen molar-refractivity contribution in [1.82, 2.24) is 4.98 Å². The highest BCUT2D eigenvalue weighted by molar-refractivity contribution is 5.76. The lowest BCUT2D eigenvalue weighted by Crippen LogP contribution is -2.34. The third-order valence-corrected chi connectivity index (χ3v) is 4.60. The monoisotopic (exact) mass is 411 g/mol. The summed E-state index contributed by atoms with van der Waals surface area (Å²) >= 11 is 0. The number of ether oxygens (including phenoxy) is 3. The molecule has 3 aromatic rings. The van der Waals surface area contributed by atoms with Crippen LogP contribution in [0.1, 0.15) is 30.9 Å². The molecule has 0 saturated heterocycles. The second-order valence-electron chi connectivity index (χ2n) is 7.29. The maximum atomic E-state index is 11.2. The van der Waals surface area contributed by atoms with E-state index < -0.39 is 11.6 Å². The van der Waals surface area contributed by atoms with E-state index in [0.29, 0.717) is 23.1 Å². The molecule has 1 N–H and O–H groups in total. The molecule has 0 spiro atoms. The standard InChI is InChI=1S/C23H25NO6/c1-15-20(24-21(30-15)17-8-6-9-18(12-17)27-4)14-28-19-10-5-7-16(11-19)13-29-23(2,3)22(25)26/h5-12H,13-14H2,1-4H3,(H,25,26). The van der Waals surface area contributed by atoms with Crippen LogP contribution in [0.15, 0.2) is 52.9 Å². The molecule has 3 rings (SSSR count). The summed E-state index contributed by atoms with van der Waals surface area (Å²) in [5.74, 6) is 1.53. The SMILES string of the molecule is COc1cccc(-c2nc(COc3cccc(COC(C)(C)C(=O)O)c3)c(C)o2)c1. The Kier molecular flexibility index (Phi) is 6.42. The van der Waals surface area contributed by atoms with Gasteiger partial charge in [0.15, 0.2) is 5.60 Å². The number of benzene rings is 2. The third-order valence-electron chi connectivity index (χ3n) is 4.60. The molecule has 0 fully saturated rings. The zero-order valence-electron chi connectivity index (χ0n) is 17.5. The minimum atomic E-state index is -1.26. The Morgan fingerprint density at radius 3 is 2.57 bits per heavy atom. The van der Waals surface area contributed by atoms with Crippen molar-refractivity contribution in [2.75, 3.05) is 7.11 Å². The molecule has 0 saturated carbocycles. The number of aryl methyl sites for hydroxylation is 1. The summed E-state index contributed by atoms with van der Waals surface area (Å²) < 4.78 is 22.4. The van der Waals surface area contributed by atoms with E-state index in [1.165, 1.54) is 13.8 Å². The molecule has 1 aromatic heterocycles. The molecular weight excluding hydrogens is 386 g/mol. The number of aromatic nitrogens is 1. The highest BCUT2D eigenvalue weighted by atomic mass is 16.5. The lowest BCUT2D eigenvalue weighted by molar-refractivity contribution is -0.162. The van der Waals surface area contributed by atoms with E-state index in [-0.39, 0.29) is 13.2 Å². The normalized spacial score (nSPS) is 11.3. The van der Waals surface area contributed by atoms with Crippen molar-refractivity contribution in [3.8, 4) is 23.0 Å². The van der Waals surface area contributed by atoms with Gasteiger partial charge in [0.25, 0.3) is 0 Å². The van der Waals surface area contributed by atoms with E-state index in [2.05, 4.69) is 4.98 Å². The van der Waals surface area contributed by atoms with Gasteiger partial charge in [-0.25, -0.2) is 9.78 Å². The lowest BCUT2D eigenvalue weighted by atomic mass is 10.1. The summed E-state index contributed by atoms with van der Waals surface area (Å²) in [7, 11) is 1.61. The highest BCUT2D eigenvalue weighted by Crippen LogP contribution is 2.26. The first-order chi connectivity index (χ1) is 14.3. The molecule has 0 aliphatic heterocycles. The van der Waals surface area contributed by atoms with Gasteiger partial charge in [0.2, 0.25) is 5.89 Å². The Morgan fingerprint density at radius 1 is 1.10 bits per heavy atom. The maximum absolute atomic E-state index is 11.2. The number of carboxylic acid groups (broad SMARTS) is 1. The fraction of sp³-hybridized carbons (Fsp3) is 0.304. The fourth-order valence-corrected chi connectivity index (χ4v) is 2.64. The molecule has 158 valence electrons. The van der Waals surface area contributed by atoms with Gasteiger partial charge in [-0.1, -0.05) is 18.2 Å². The van der Waals surface area contributed by atoms with Crippen LogP contribution in [-0.4, -0.2) is 28.8 Å². The van der Waals surface area contributed by atoms with E-state index >= 15 is 0 Å². The van der Waals surface area contributed by atoms with Gasteiger partial charge in [0.05, 0.1) is 13.7 Å². The van der Waals surface area contributed by atoms with Crippen LogP contribution in [0.5, 0.6) is 11.5 Å². The summed E-state index contributed by atoms with van der Waals surface area (Å²) in [6.45, 7) is 5.28. The molecule has 7 heteroatoms. The zero-order chi connectivity index (χ0) is 21.7. The average molecular weight is 411 g/mol. The summed E-state index contributed by atoms with van der Waals surface area (Å²) in [6.07, 6.45) is 0. The van der Waals surface area contributed by atoms with Crippen LogP contribution < -0.4 is 9.47 Å². The van der Waals surface area contributed by atoms with Gasteiger partial charge >= 0.3 is 5.97 Å². The van der Waals surface area contributed by atoms with Gasteiger partial charge in [0.1, 0.15) is 29.6 Å². The first-order valence-corrected chi connectivity index (χ1v) is 9.48. The Labute approximate surface area is 175 Å². The second kappa shape index (κ2) is 9.00. The number of hydrogen-bond donors (Lipinski definition) is 1. The third kappa shape index (κ3) is 5.18. The highest BCUT2D eigenvalue weighted by Gasteiger charge is 2.27. The van der Waals surface area contributed by atoms with Crippen LogP contribution in [0.2, 0.25) is 0 Å². The molecule has 0 aliphatic rings. The van der Waals surface area contributed by atoms with Gasteiger partial charge in [-0.15, -0.1) is 0 Å². The number of oxazole rings is 1. The zero-order valence-corrected chi connectivity index (χ0v) is 17.5. The number of nitrogens with zero attached hydrogens (tertiary/aromatic N) is 1. The summed E-state index contributed by atoms with van der Waals surface area (Å²) in [4.78, 5) is 15.7. The minimum absolute atomic E-state index is 0.166. The molecule has 2 aromatic carbocycles. The first-order valence-electron chi connectivity index (χ1n) is 9.48. The Hall–Kier alpha value is -3.32. The van der Waals surface area contributed by atoms with Gasteiger partial charge < -0.3 is 23.7 Å². The van der Waals surface area contributed by atoms with Gasteiger partial charge in [0, 0.05) is 5.56 Å². The van der Waals surface area contributed by atoms with Crippen LogP contribution in [-0.2, 0) is 22.7 Å².